The number of aryl methyl sites for hydroxylation is 1. The Hall–Kier alpha value is -1.12. The van der Waals surface area contributed by atoms with Crippen molar-refractivity contribution in [2.75, 3.05) is 7.11 Å². The molecule has 0 saturated carbocycles. The molecule has 0 fully saturated rings. The summed E-state index contributed by atoms with van der Waals surface area (Å²) in [7, 11) is 1.68. The molecule has 0 bridgehead atoms. The molecule has 0 heterocycles. The van der Waals surface area contributed by atoms with Crippen LogP contribution in [0.4, 0.5) is 0 Å². The standard InChI is InChI=1S/C14H13ClOS/c1-10-3-6-12(16-2)9-14(10)17-13-7-4-11(15)5-8-13/h3-9H,1-2H3. The lowest BCUT2D eigenvalue weighted by Crippen LogP contribution is -1.85. The van der Waals surface area contributed by atoms with Crippen LogP contribution in [0.1, 0.15) is 5.56 Å². The van der Waals surface area contributed by atoms with Gasteiger partial charge in [0.2, 0.25) is 0 Å². The number of hydrogen-bond acceptors (Lipinski definition) is 2. The van der Waals surface area contributed by atoms with Crippen LogP contribution in [0.25, 0.3) is 0 Å². The zero-order valence-electron chi connectivity index (χ0n) is 9.74. The second kappa shape index (κ2) is 5.48. The number of halogens is 1. The van der Waals surface area contributed by atoms with Crippen LogP contribution in [0.5, 0.6) is 5.75 Å². The Bertz CT molecular complexity index is 508. The molecule has 0 saturated heterocycles. The van der Waals surface area contributed by atoms with Gasteiger partial charge in [-0.15, -0.1) is 0 Å². The van der Waals surface area contributed by atoms with Crippen LogP contribution in [-0.2, 0) is 0 Å². The summed E-state index contributed by atoms with van der Waals surface area (Å²) in [4.78, 5) is 2.37. The fourth-order valence-electron chi connectivity index (χ4n) is 1.45. The van der Waals surface area contributed by atoms with Crippen molar-refractivity contribution in [2.45, 2.75) is 16.7 Å². The molecule has 2 rings (SSSR count). The Labute approximate surface area is 111 Å². The first kappa shape index (κ1) is 12.3. The third-order valence-corrected chi connectivity index (χ3v) is 3.86. The second-order valence-corrected chi connectivity index (χ2v) is 5.24. The molecular weight excluding hydrogens is 252 g/mol. The molecule has 0 atom stereocenters. The molecule has 0 spiro atoms. The van der Waals surface area contributed by atoms with Crippen molar-refractivity contribution in [3.05, 3.63) is 53.1 Å². The number of methoxy groups -OCH3 is 1. The zero-order chi connectivity index (χ0) is 12.3. The van der Waals surface area contributed by atoms with E-state index in [9.17, 15) is 0 Å². The third kappa shape index (κ3) is 3.18. The lowest BCUT2D eigenvalue weighted by molar-refractivity contribution is 0.413. The highest BCUT2D eigenvalue weighted by atomic mass is 35.5. The molecule has 2 aromatic carbocycles. The van der Waals surface area contributed by atoms with Gasteiger partial charge in [-0.3, -0.25) is 0 Å². The Morgan fingerprint density at radius 1 is 1.06 bits per heavy atom. The van der Waals surface area contributed by atoms with Gasteiger partial charge in [-0.25, -0.2) is 0 Å². The summed E-state index contributed by atoms with van der Waals surface area (Å²) in [6.07, 6.45) is 0. The van der Waals surface area contributed by atoms with Crippen molar-refractivity contribution in [3.63, 3.8) is 0 Å². The van der Waals surface area contributed by atoms with E-state index in [0.717, 1.165) is 10.8 Å². The molecule has 3 heteroatoms. The summed E-state index contributed by atoms with van der Waals surface area (Å²) < 4.78 is 5.23. The number of benzene rings is 2. The Kier molecular flexibility index (Phi) is 3.97. The van der Waals surface area contributed by atoms with E-state index in [0.29, 0.717) is 0 Å². The van der Waals surface area contributed by atoms with E-state index in [4.69, 9.17) is 16.3 Å². The maximum Gasteiger partial charge on any atom is 0.120 e. The molecule has 0 amide bonds. The first-order valence-corrected chi connectivity index (χ1v) is 6.46. The highest BCUT2D eigenvalue weighted by Crippen LogP contribution is 2.33. The average Bonchev–Trinajstić information content (AvgIpc) is 2.35. The topological polar surface area (TPSA) is 9.23 Å². The molecule has 0 aliphatic rings. The van der Waals surface area contributed by atoms with Crippen LogP contribution in [0.15, 0.2) is 52.3 Å². The second-order valence-electron chi connectivity index (χ2n) is 3.69. The van der Waals surface area contributed by atoms with Gasteiger partial charge in [0.05, 0.1) is 7.11 Å². The van der Waals surface area contributed by atoms with E-state index in [1.807, 2.05) is 30.3 Å². The molecule has 17 heavy (non-hydrogen) atoms. The minimum Gasteiger partial charge on any atom is -0.497 e. The Balaban J connectivity index is 2.25. The van der Waals surface area contributed by atoms with Gasteiger partial charge in [-0.2, -0.15) is 0 Å². The van der Waals surface area contributed by atoms with Crippen molar-refractivity contribution in [2.24, 2.45) is 0 Å². The quantitative estimate of drug-likeness (QED) is 0.787. The van der Waals surface area contributed by atoms with Gasteiger partial charge in [0, 0.05) is 14.8 Å². The van der Waals surface area contributed by atoms with Crippen molar-refractivity contribution in [1.29, 1.82) is 0 Å². The highest BCUT2D eigenvalue weighted by Gasteiger charge is 2.03. The van der Waals surface area contributed by atoms with Crippen LogP contribution in [-0.4, -0.2) is 7.11 Å². The number of rotatable bonds is 3. The smallest absolute Gasteiger partial charge is 0.120 e. The maximum absolute atomic E-state index is 5.86. The van der Waals surface area contributed by atoms with Crippen molar-refractivity contribution in [3.8, 4) is 5.75 Å². The summed E-state index contributed by atoms with van der Waals surface area (Å²) in [5.74, 6) is 0.882. The van der Waals surface area contributed by atoms with Gasteiger partial charge >= 0.3 is 0 Å². The lowest BCUT2D eigenvalue weighted by atomic mass is 10.2. The summed E-state index contributed by atoms with van der Waals surface area (Å²) in [5.41, 5.74) is 1.24. The normalized spacial score (nSPS) is 10.3. The van der Waals surface area contributed by atoms with E-state index in [2.05, 4.69) is 19.1 Å². The summed E-state index contributed by atoms with van der Waals surface area (Å²) in [5, 5.41) is 0.761. The minimum atomic E-state index is 0.761. The molecule has 0 aliphatic carbocycles. The largest absolute Gasteiger partial charge is 0.497 e. The molecule has 0 aromatic heterocycles. The van der Waals surface area contributed by atoms with Gasteiger partial charge in [-0.1, -0.05) is 29.4 Å². The van der Waals surface area contributed by atoms with E-state index < -0.39 is 0 Å². The Morgan fingerprint density at radius 2 is 1.76 bits per heavy atom. The van der Waals surface area contributed by atoms with Crippen LogP contribution < -0.4 is 4.74 Å². The van der Waals surface area contributed by atoms with E-state index in [1.165, 1.54) is 15.4 Å². The molecule has 0 radical (unpaired) electrons. The summed E-state index contributed by atoms with van der Waals surface area (Å²) >= 11 is 7.58. The molecule has 88 valence electrons. The van der Waals surface area contributed by atoms with Crippen molar-refractivity contribution in [1.82, 2.24) is 0 Å². The highest BCUT2D eigenvalue weighted by molar-refractivity contribution is 7.99. The number of hydrogen-bond donors (Lipinski definition) is 0. The van der Waals surface area contributed by atoms with Crippen LogP contribution in [0.2, 0.25) is 5.02 Å². The van der Waals surface area contributed by atoms with Gasteiger partial charge in [0.1, 0.15) is 5.75 Å². The fraction of sp³-hybridized carbons (Fsp3) is 0.143. The molecular formula is C14H13ClOS. The van der Waals surface area contributed by atoms with Crippen LogP contribution in [0.3, 0.4) is 0 Å². The predicted molar refractivity (Wildman–Crippen MR) is 73.3 cm³/mol. The molecule has 2 aromatic rings. The SMILES string of the molecule is COc1ccc(C)c(Sc2ccc(Cl)cc2)c1. The van der Waals surface area contributed by atoms with Gasteiger partial charge in [-0.05, 0) is 48.9 Å². The van der Waals surface area contributed by atoms with Crippen molar-refractivity contribution >= 4 is 23.4 Å². The molecule has 0 aliphatic heterocycles. The molecule has 0 unspecified atom stereocenters. The molecule has 0 N–H and O–H groups in total. The minimum absolute atomic E-state index is 0.761. The van der Waals surface area contributed by atoms with Gasteiger partial charge in [0.25, 0.3) is 0 Å². The Morgan fingerprint density at radius 3 is 2.41 bits per heavy atom. The van der Waals surface area contributed by atoms with Gasteiger partial charge in [0.15, 0.2) is 0 Å². The lowest BCUT2D eigenvalue weighted by Gasteiger charge is -2.08. The third-order valence-electron chi connectivity index (χ3n) is 2.44. The van der Waals surface area contributed by atoms with E-state index >= 15 is 0 Å². The van der Waals surface area contributed by atoms with E-state index in [-0.39, 0.29) is 0 Å². The summed E-state index contributed by atoms with van der Waals surface area (Å²) in [6.45, 7) is 2.09. The van der Waals surface area contributed by atoms with E-state index in [1.54, 1.807) is 18.9 Å². The summed E-state index contributed by atoms with van der Waals surface area (Å²) in [6, 6.07) is 13.9. The van der Waals surface area contributed by atoms with Crippen molar-refractivity contribution < 1.29 is 4.74 Å². The first-order valence-electron chi connectivity index (χ1n) is 5.27. The average molecular weight is 265 g/mol. The maximum atomic E-state index is 5.86. The van der Waals surface area contributed by atoms with Crippen LogP contribution >= 0.6 is 23.4 Å². The monoisotopic (exact) mass is 264 g/mol. The van der Waals surface area contributed by atoms with Gasteiger partial charge < -0.3 is 4.74 Å². The molecule has 1 nitrogen and oxygen atoms in total. The predicted octanol–water partition coefficient (Wildman–Crippen LogP) is 4.81. The fourth-order valence-corrected chi connectivity index (χ4v) is 2.50. The zero-order valence-corrected chi connectivity index (χ0v) is 11.3. The first-order chi connectivity index (χ1) is 8.19. The van der Waals surface area contributed by atoms with Crippen LogP contribution in [0, 0.1) is 6.92 Å². The number of ether oxygens (including phenoxy) is 1.